The minimum Gasteiger partial charge on any atom is -0.496 e. The third kappa shape index (κ3) is 4.80. The average molecular weight is 370 g/mol. The zero-order valence-electron chi connectivity index (χ0n) is 12.8. The summed E-state index contributed by atoms with van der Waals surface area (Å²) in [6, 6.07) is 12.9. The van der Waals surface area contributed by atoms with Crippen molar-refractivity contribution in [1.82, 2.24) is 5.32 Å². The molecule has 0 saturated heterocycles. The number of benzene rings is 2. The summed E-state index contributed by atoms with van der Waals surface area (Å²) in [6.07, 6.45) is 0. The van der Waals surface area contributed by atoms with Crippen molar-refractivity contribution < 1.29 is 9.53 Å². The van der Waals surface area contributed by atoms with Gasteiger partial charge in [0.05, 0.1) is 22.4 Å². The van der Waals surface area contributed by atoms with Crippen LogP contribution in [0.2, 0.25) is 10.0 Å². The van der Waals surface area contributed by atoms with Crippen LogP contribution in [0.1, 0.15) is 12.5 Å². The molecule has 0 saturated carbocycles. The Balaban J connectivity index is 1.98. The van der Waals surface area contributed by atoms with Crippen molar-refractivity contribution in [1.29, 1.82) is 0 Å². The fourth-order valence-corrected chi connectivity index (χ4v) is 3.57. The number of rotatable bonds is 6. The first-order valence-electron chi connectivity index (χ1n) is 7.03. The maximum atomic E-state index is 12.3. The highest BCUT2D eigenvalue weighted by Crippen LogP contribution is 2.36. The van der Waals surface area contributed by atoms with Crippen LogP contribution in [-0.2, 0) is 11.3 Å². The zero-order chi connectivity index (χ0) is 16.8. The van der Waals surface area contributed by atoms with Crippen LogP contribution in [0.25, 0.3) is 0 Å². The summed E-state index contributed by atoms with van der Waals surface area (Å²) in [7, 11) is 1.61. The van der Waals surface area contributed by atoms with E-state index in [0.717, 1.165) is 16.2 Å². The summed E-state index contributed by atoms with van der Waals surface area (Å²) in [5.41, 5.74) is 0.927. The molecule has 0 aromatic heterocycles. The Kier molecular flexibility index (Phi) is 6.63. The van der Waals surface area contributed by atoms with Crippen molar-refractivity contribution in [2.24, 2.45) is 0 Å². The molecule has 2 aromatic carbocycles. The predicted molar refractivity (Wildman–Crippen MR) is 96.6 cm³/mol. The molecule has 122 valence electrons. The van der Waals surface area contributed by atoms with Gasteiger partial charge in [-0.25, -0.2) is 0 Å². The number of hydrogen-bond acceptors (Lipinski definition) is 3. The number of carbonyl (C=O) groups is 1. The van der Waals surface area contributed by atoms with E-state index in [1.165, 1.54) is 11.8 Å². The highest BCUT2D eigenvalue weighted by Gasteiger charge is 2.18. The van der Waals surface area contributed by atoms with E-state index in [1.54, 1.807) is 25.3 Å². The molecule has 2 aromatic rings. The molecular formula is C17H17Cl2NO2S. The standard InChI is InChI=1S/C17H17Cl2NO2S/c1-11(23-16-13(18)7-5-8-14(16)19)17(21)20-10-12-6-3-4-9-15(12)22-2/h3-9,11H,10H2,1-2H3,(H,20,21)/t11-/m0/s1. The quantitative estimate of drug-likeness (QED) is 0.743. The fourth-order valence-electron chi connectivity index (χ4n) is 2.00. The molecule has 0 aliphatic heterocycles. The van der Waals surface area contributed by atoms with Crippen molar-refractivity contribution in [2.45, 2.75) is 23.6 Å². The van der Waals surface area contributed by atoms with E-state index in [4.69, 9.17) is 27.9 Å². The van der Waals surface area contributed by atoms with Gasteiger partial charge < -0.3 is 10.1 Å². The summed E-state index contributed by atoms with van der Waals surface area (Å²) in [6.45, 7) is 2.23. The van der Waals surface area contributed by atoms with E-state index in [2.05, 4.69) is 5.32 Å². The minimum absolute atomic E-state index is 0.0862. The minimum atomic E-state index is -0.317. The van der Waals surface area contributed by atoms with E-state index < -0.39 is 0 Å². The van der Waals surface area contributed by atoms with Gasteiger partial charge in [-0.3, -0.25) is 4.79 Å². The lowest BCUT2D eigenvalue weighted by atomic mass is 10.2. The van der Waals surface area contributed by atoms with Crippen molar-refractivity contribution in [3.8, 4) is 5.75 Å². The summed E-state index contributed by atoms with van der Waals surface area (Å²) in [5.74, 6) is 0.666. The van der Waals surface area contributed by atoms with Gasteiger partial charge in [-0.1, -0.05) is 47.5 Å². The number of para-hydroxylation sites is 1. The van der Waals surface area contributed by atoms with Crippen LogP contribution in [0.5, 0.6) is 5.75 Å². The van der Waals surface area contributed by atoms with Crippen LogP contribution in [0.3, 0.4) is 0 Å². The average Bonchev–Trinajstić information content (AvgIpc) is 2.56. The van der Waals surface area contributed by atoms with Crippen LogP contribution in [0, 0.1) is 0 Å². The number of methoxy groups -OCH3 is 1. The third-order valence-corrected chi connectivity index (χ3v) is 5.33. The molecule has 0 radical (unpaired) electrons. The Morgan fingerprint density at radius 3 is 2.48 bits per heavy atom. The Bertz CT molecular complexity index is 674. The first-order valence-corrected chi connectivity index (χ1v) is 8.66. The van der Waals surface area contributed by atoms with Crippen LogP contribution < -0.4 is 10.1 Å². The van der Waals surface area contributed by atoms with Gasteiger partial charge in [0.15, 0.2) is 0 Å². The van der Waals surface area contributed by atoms with Gasteiger partial charge in [0.1, 0.15) is 5.75 Å². The molecule has 0 aliphatic carbocycles. The number of ether oxygens (including phenoxy) is 1. The molecule has 0 spiro atoms. The molecule has 6 heteroatoms. The van der Waals surface area contributed by atoms with Gasteiger partial charge in [0.2, 0.25) is 5.91 Å². The second kappa shape index (κ2) is 8.48. The lowest BCUT2D eigenvalue weighted by Crippen LogP contribution is -2.30. The molecule has 1 N–H and O–H groups in total. The third-order valence-electron chi connectivity index (χ3n) is 3.23. The molecule has 1 amide bonds. The monoisotopic (exact) mass is 369 g/mol. The zero-order valence-corrected chi connectivity index (χ0v) is 15.1. The summed E-state index contributed by atoms with van der Waals surface area (Å²) in [4.78, 5) is 13.0. The van der Waals surface area contributed by atoms with Crippen molar-refractivity contribution in [2.75, 3.05) is 7.11 Å². The first-order chi connectivity index (χ1) is 11.0. The topological polar surface area (TPSA) is 38.3 Å². The Morgan fingerprint density at radius 2 is 1.83 bits per heavy atom. The van der Waals surface area contributed by atoms with Crippen molar-refractivity contribution in [3.63, 3.8) is 0 Å². The predicted octanol–water partition coefficient (Wildman–Crippen LogP) is 4.80. The highest BCUT2D eigenvalue weighted by molar-refractivity contribution is 8.00. The molecular weight excluding hydrogens is 353 g/mol. The fraction of sp³-hybridized carbons (Fsp3) is 0.235. The molecule has 3 nitrogen and oxygen atoms in total. The van der Waals surface area contributed by atoms with E-state index in [-0.39, 0.29) is 11.2 Å². The molecule has 2 rings (SSSR count). The Hall–Kier alpha value is -1.36. The number of halogens is 2. The first kappa shape index (κ1) is 18.0. The summed E-state index contributed by atoms with van der Waals surface area (Å²) >= 11 is 13.6. The molecule has 0 unspecified atom stereocenters. The lowest BCUT2D eigenvalue weighted by molar-refractivity contribution is -0.120. The number of hydrogen-bond donors (Lipinski definition) is 1. The van der Waals surface area contributed by atoms with Crippen LogP contribution in [-0.4, -0.2) is 18.3 Å². The Morgan fingerprint density at radius 1 is 1.17 bits per heavy atom. The van der Waals surface area contributed by atoms with Gasteiger partial charge in [0.25, 0.3) is 0 Å². The van der Waals surface area contributed by atoms with E-state index in [0.29, 0.717) is 16.6 Å². The molecule has 23 heavy (non-hydrogen) atoms. The number of thioether (sulfide) groups is 1. The van der Waals surface area contributed by atoms with Gasteiger partial charge in [-0.05, 0) is 25.1 Å². The smallest absolute Gasteiger partial charge is 0.233 e. The van der Waals surface area contributed by atoms with Gasteiger partial charge in [-0.15, -0.1) is 11.8 Å². The molecule has 1 atom stereocenters. The second-order valence-corrected chi connectivity index (χ2v) is 7.01. The highest BCUT2D eigenvalue weighted by atomic mass is 35.5. The van der Waals surface area contributed by atoms with Crippen molar-refractivity contribution >= 4 is 40.9 Å². The van der Waals surface area contributed by atoms with Gasteiger partial charge >= 0.3 is 0 Å². The maximum absolute atomic E-state index is 12.3. The van der Waals surface area contributed by atoms with E-state index in [9.17, 15) is 4.79 Å². The lowest BCUT2D eigenvalue weighted by Gasteiger charge is -2.15. The van der Waals surface area contributed by atoms with Crippen molar-refractivity contribution in [3.05, 3.63) is 58.1 Å². The number of amides is 1. The number of nitrogens with one attached hydrogen (secondary N) is 1. The van der Waals surface area contributed by atoms with Crippen LogP contribution >= 0.6 is 35.0 Å². The Labute approximate surface area is 150 Å². The van der Waals surface area contributed by atoms with E-state index >= 15 is 0 Å². The maximum Gasteiger partial charge on any atom is 0.233 e. The van der Waals surface area contributed by atoms with Crippen LogP contribution in [0.15, 0.2) is 47.4 Å². The molecule has 0 fully saturated rings. The molecule has 0 aliphatic rings. The van der Waals surface area contributed by atoms with E-state index in [1.807, 2.05) is 31.2 Å². The normalized spacial score (nSPS) is 11.8. The molecule has 0 heterocycles. The second-order valence-electron chi connectivity index (χ2n) is 4.84. The number of carbonyl (C=O) groups excluding carboxylic acids is 1. The van der Waals surface area contributed by atoms with Gasteiger partial charge in [-0.2, -0.15) is 0 Å². The molecule has 0 bridgehead atoms. The van der Waals surface area contributed by atoms with Crippen LogP contribution in [0.4, 0.5) is 0 Å². The SMILES string of the molecule is COc1ccccc1CNC(=O)[C@H](C)Sc1c(Cl)cccc1Cl. The summed E-state index contributed by atoms with van der Waals surface area (Å²) in [5, 5.41) is 3.69. The largest absolute Gasteiger partial charge is 0.496 e. The summed E-state index contributed by atoms with van der Waals surface area (Å²) < 4.78 is 5.27. The van der Waals surface area contributed by atoms with Gasteiger partial charge in [0, 0.05) is 17.0 Å².